The van der Waals surface area contributed by atoms with E-state index in [1.165, 1.54) is 25.3 Å². The fraction of sp³-hybridized carbons (Fsp3) is 0.533. The second-order valence-corrected chi connectivity index (χ2v) is 5.31. The summed E-state index contributed by atoms with van der Waals surface area (Å²) in [7, 11) is 0. The lowest BCUT2D eigenvalue weighted by molar-refractivity contribution is 0.0698. The number of aromatic carboxylic acids is 1. The van der Waals surface area contributed by atoms with E-state index in [1.807, 2.05) is 0 Å². The van der Waals surface area contributed by atoms with Gasteiger partial charge in [-0.1, -0.05) is 26.2 Å². The third kappa shape index (κ3) is 3.19. The molecule has 4 heteroatoms. The van der Waals surface area contributed by atoms with Gasteiger partial charge in [0.05, 0.1) is 5.56 Å². The first-order valence-corrected chi connectivity index (χ1v) is 7.01. The zero-order valence-electron chi connectivity index (χ0n) is 11.4. The molecule has 4 N–H and O–H groups in total. The summed E-state index contributed by atoms with van der Waals surface area (Å²) in [4.78, 5) is 11.3. The average Bonchev–Trinajstić information content (AvgIpc) is 2.41. The van der Waals surface area contributed by atoms with Crippen LogP contribution in [0, 0.1) is 5.92 Å². The average molecular weight is 262 g/mol. The minimum absolute atomic E-state index is 0.264. The number of carboxylic acid groups (broad SMARTS) is 1. The Kier molecular flexibility index (Phi) is 4.30. The number of nitrogen functional groups attached to an aromatic ring is 1. The molecule has 0 radical (unpaired) electrons. The summed E-state index contributed by atoms with van der Waals surface area (Å²) in [6.07, 6.45) is 5.97. The van der Waals surface area contributed by atoms with Crippen LogP contribution < -0.4 is 11.1 Å². The number of hydrogen-bond acceptors (Lipinski definition) is 3. The molecule has 0 saturated heterocycles. The van der Waals surface area contributed by atoms with Gasteiger partial charge < -0.3 is 16.2 Å². The van der Waals surface area contributed by atoms with E-state index in [-0.39, 0.29) is 5.56 Å². The van der Waals surface area contributed by atoms with Crippen LogP contribution in [-0.2, 0) is 0 Å². The number of rotatable bonds is 4. The second kappa shape index (κ2) is 5.95. The summed E-state index contributed by atoms with van der Waals surface area (Å²) in [6.45, 7) is 2.20. The van der Waals surface area contributed by atoms with Crippen LogP contribution in [0.25, 0.3) is 0 Å². The van der Waals surface area contributed by atoms with Gasteiger partial charge in [-0.15, -0.1) is 0 Å². The van der Waals surface area contributed by atoms with Crippen molar-refractivity contribution in [2.45, 2.75) is 45.1 Å². The quantitative estimate of drug-likeness (QED) is 0.727. The van der Waals surface area contributed by atoms with Crippen LogP contribution in [0.2, 0.25) is 0 Å². The first kappa shape index (κ1) is 13.7. The van der Waals surface area contributed by atoms with Crippen LogP contribution in [-0.4, -0.2) is 17.1 Å². The lowest BCUT2D eigenvalue weighted by Crippen LogP contribution is -2.32. The van der Waals surface area contributed by atoms with Crippen molar-refractivity contribution in [1.82, 2.24) is 0 Å². The Hall–Kier alpha value is -1.71. The van der Waals surface area contributed by atoms with Crippen molar-refractivity contribution in [3.63, 3.8) is 0 Å². The topological polar surface area (TPSA) is 75.3 Å². The SMILES string of the molecule is CCC1CCCCC1Nc1ccc(N)cc1C(=O)O. The molecule has 0 bridgehead atoms. The Bertz CT molecular complexity index is 459. The van der Waals surface area contributed by atoms with E-state index in [1.54, 1.807) is 12.1 Å². The highest BCUT2D eigenvalue weighted by Gasteiger charge is 2.24. The number of nitrogens with one attached hydrogen (secondary N) is 1. The standard InChI is InChI=1S/C15H22N2O2/c1-2-10-5-3-4-6-13(10)17-14-8-7-11(16)9-12(14)15(18)19/h7-10,13,17H,2-6,16H2,1H3,(H,18,19). The zero-order chi connectivity index (χ0) is 13.8. The monoisotopic (exact) mass is 262 g/mol. The molecular weight excluding hydrogens is 240 g/mol. The van der Waals surface area contributed by atoms with Crippen molar-refractivity contribution in [3.8, 4) is 0 Å². The Morgan fingerprint density at radius 1 is 1.42 bits per heavy atom. The van der Waals surface area contributed by atoms with Gasteiger partial charge in [-0.3, -0.25) is 0 Å². The molecule has 1 aliphatic rings. The van der Waals surface area contributed by atoms with Crippen molar-refractivity contribution in [2.24, 2.45) is 5.92 Å². The van der Waals surface area contributed by atoms with Crippen LogP contribution in [0.4, 0.5) is 11.4 Å². The Labute approximate surface area is 114 Å². The molecule has 1 aromatic carbocycles. The Morgan fingerprint density at radius 3 is 2.84 bits per heavy atom. The van der Waals surface area contributed by atoms with Crippen molar-refractivity contribution >= 4 is 17.3 Å². The van der Waals surface area contributed by atoms with Gasteiger partial charge >= 0.3 is 5.97 Å². The van der Waals surface area contributed by atoms with Gasteiger partial charge in [0.1, 0.15) is 0 Å². The fourth-order valence-electron chi connectivity index (χ4n) is 2.95. The summed E-state index contributed by atoms with van der Waals surface area (Å²) in [5.74, 6) is -0.299. The lowest BCUT2D eigenvalue weighted by atomic mass is 9.82. The van der Waals surface area contributed by atoms with Crippen LogP contribution in [0.15, 0.2) is 18.2 Å². The first-order chi connectivity index (χ1) is 9.11. The molecule has 2 unspecified atom stereocenters. The predicted octanol–water partition coefficient (Wildman–Crippen LogP) is 3.35. The van der Waals surface area contributed by atoms with E-state index < -0.39 is 5.97 Å². The maximum Gasteiger partial charge on any atom is 0.337 e. The van der Waals surface area contributed by atoms with Crippen LogP contribution in [0.5, 0.6) is 0 Å². The second-order valence-electron chi connectivity index (χ2n) is 5.31. The number of carboxylic acids is 1. The summed E-state index contributed by atoms with van der Waals surface area (Å²) >= 11 is 0. The highest BCUT2D eigenvalue weighted by Crippen LogP contribution is 2.30. The molecule has 0 aromatic heterocycles. The normalized spacial score (nSPS) is 23.0. The molecule has 19 heavy (non-hydrogen) atoms. The molecule has 0 amide bonds. The molecule has 1 aromatic rings. The van der Waals surface area contributed by atoms with Crippen molar-refractivity contribution < 1.29 is 9.90 Å². The first-order valence-electron chi connectivity index (χ1n) is 7.01. The number of anilines is 2. The number of carbonyl (C=O) groups is 1. The third-order valence-electron chi connectivity index (χ3n) is 4.05. The van der Waals surface area contributed by atoms with Gasteiger partial charge in [0.25, 0.3) is 0 Å². The van der Waals surface area contributed by atoms with Gasteiger partial charge in [-0.25, -0.2) is 4.79 Å². The van der Waals surface area contributed by atoms with E-state index in [4.69, 9.17) is 5.73 Å². The predicted molar refractivity (Wildman–Crippen MR) is 77.5 cm³/mol. The largest absolute Gasteiger partial charge is 0.478 e. The molecule has 0 spiro atoms. The Morgan fingerprint density at radius 2 is 2.16 bits per heavy atom. The molecule has 4 nitrogen and oxygen atoms in total. The highest BCUT2D eigenvalue weighted by molar-refractivity contribution is 5.95. The summed E-state index contributed by atoms with van der Waals surface area (Å²) in [5.41, 5.74) is 7.10. The van der Waals surface area contributed by atoms with Gasteiger partial charge in [0.2, 0.25) is 0 Å². The van der Waals surface area contributed by atoms with Gasteiger partial charge in [0.15, 0.2) is 0 Å². The number of nitrogens with two attached hydrogens (primary N) is 1. The fourth-order valence-corrected chi connectivity index (χ4v) is 2.95. The molecule has 0 aliphatic heterocycles. The molecular formula is C15H22N2O2. The van der Waals surface area contributed by atoms with E-state index in [0.29, 0.717) is 23.3 Å². The summed E-state index contributed by atoms with van der Waals surface area (Å²) < 4.78 is 0. The highest BCUT2D eigenvalue weighted by atomic mass is 16.4. The van der Waals surface area contributed by atoms with E-state index >= 15 is 0 Å². The maximum atomic E-state index is 11.3. The van der Waals surface area contributed by atoms with Crippen LogP contribution in [0.3, 0.4) is 0 Å². The summed E-state index contributed by atoms with van der Waals surface area (Å²) in [6, 6.07) is 5.42. The minimum atomic E-state index is -0.932. The van der Waals surface area contributed by atoms with E-state index in [9.17, 15) is 9.90 Å². The molecule has 1 fully saturated rings. The lowest BCUT2D eigenvalue weighted by Gasteiger charge is -2.32. The van der Waals surface area contributed by atoms with Gasteiger partial charge in [-0.2, -0.15) is 0 Å². The van der Waals surface area contributed by atoms with Crippen LogP contribution >= 0.6 is 0 Å². The van der Waals surface area contributed by atoms with E-state index in [2.05, 4.69) is 12.2 Å². The number of hydrogen-bond donors (Lipinski definition) is 3. The molecule has 1 aliphatic carbocycles. The third-order valence-corrected chi connectivity index (χ3v) is 4.05. The van der Waals surface area contributed by atoms with Crippen LogP contribution in [0.1, 0.15) is 49.4 Å². The van der Waals surface area contributed by atoms with Gasteiger partial charge in [-0.05, 0) is 37.0 Å². The number of benzene rings is 1. The van der Waals surface area contributed by atoms with Gasteiger partial charge in [0, 0.05) is 17.4 Å². The van der Waals surface area contributed by atoms with E-state index in [0.717, 1.165) is 12.8 Å². The van der Waals surface area contributed by atoms with Crippen molar-refractivity contribution in [1.29, 1.82) is 0 Å². The molecule has 104 valence electrons. The molecule has 2 rings (SSSR count). The zero-order valence-corrected chi connectivity index (χ0v) is 11.4. The maximum absolute atomic E-state index is 11.3. The molecule has 1 saturated carbocycles. The summed E-state index contributed by atoms with van der Waals surface area (Å²) in [5, 5.41) is 12.7. The Balaban J connectivity index is 2.20. The molecule has 2 atom stereocenters. The van der Waals surface area contributed by atoms with Crippen molar-refractivity contribution in [3.05, 3.63) is 23.8 Å². The van der Waals surface area contributed by atoms with Crippen molar-refractivity contribution in [2.75, 3.05) is 11.1 Å². The minimum Gasteiger partial charge on any atom is -0.478 e. The molecule has 0 heterocycles. The smallest absolute Gasteiger partial charge is 0.337 e.